The average molecular weight is 293 g/mol. The molecule has 1 aliphatic heterocycles. The van der Waals surface area contributed by atoms with E-state index < -0.39 is 6.10 Å². The highest BCUT2D eigenvalue weighted by Crippen LogP contribution is 2.08. The van der Waals surface area contributed by atoms with Crippen LogP contribution in [0, 0.1) is 0 Å². The lowest BCUT2D eigenvalue weighted by Gasteiger charge is -2.35. The molecule has 0 aliphatic carbocycles. The Labute approximate surface area is 125 Å². The van der Waals surface area contributed by atoms with Gasteiger partial charge in [-0.05, 0) is 19.1 Å². The molecular weight excluding hydrogens is 270 g/mol. The molecule has 1 aromatic heterocycles. The molecule has 1 unspecified atom stereocenters. The largest absolute Gasteiger partial charge is 0.389 e. The van der Waals surface area contributed by atoms with E-state index in [0.29, 0.717) is 38.4 Å². The van der Waals surface area contributed by atoms with Gasteiger partial charge >= 0.3 is 0 Å². The number of nitrogens with zero attached hydrogens (tertiary/aromatic N) is 3. The number of pyridine rings is 1. The number of β-amino-alcohol motifs (C(OH)–C–C–N with tert-alkyl or cyclic N) is 1. The maximum absolute atomic E-state index is 12.3. The van der Waals surface area contributed by atoms with Gasteiger partial charge in [-0.15, -0.1) is 0 Å². The maximum atomic E-state index is 12.3. The molecule has 0 aromatic carbocycles. The fourth-order valence-electron chi connectivity index (χ4n) is 2.41. The van der Waals surface area contributed by atoms with Crippen molar-refractivity contribution in [1.82, 2.24) is 14.8 Å². The molecule has 6 nitrogen and oxygen atoms in total. The summed E-state index contributed by atoms with van der Waals surface area (Å²) < 4.78 is 5.21. The number of amides is 1. The summed E-state index contributed by atoms with van der Waals surface area (Å²) >= 11 is 0. The van der Waals surface area contributed by atoms with Crippen LogP contribution in [0.15, 0.2) is 24.5 Å². The minimum atomic E-state index is -0.467. The first-order valence-electron chi connectivity index (χ1n) is 7.38. The van der Waals surface area contributed by atoms with E-state index >= 15 is 0 Å². The lowest BCUT2D eigenvalue weighted by atomic mass is 10.2. The second-order valence-corrected chi connectivity index (χ2v) is 5.15. The Balaban J connectivity index is 1.77. The summed E-state index contributed by atoms with van der Waals surface area (Å²) in [5, 5.41) is 9.83. The first-order valence-corrected chi connectivity index (χ1v) is 7.38. The van der Waals surface area contributed by atoms with Crippen molar-refractivity contribution >= 4 is 5.91 Å². The zero-order chi connectivity index (χ0) is 15.1. The molecule has 1 amide bonds. The van der Waals surface area contributed by atoms with Gasteiger partial charge in [0.15, 0.2) is 0 Å². The molecule has 2 rings (SSSR count). The number of ether oxygens (including phenoxy) is 1. The highest BCUT2D eigenvalue weighted by molar-refractivity contribution is 5.93. The molecule has 0 saturated carbocycles. The standard InChI is InChI=1S/C15H23N3O3/c1-2-21-12-14(19)11-17-6-8-18(9-7-17)15(20)13-4-3-5-16-10-13/h3-5,10,14,19H,2,6-9,11-12H2,1H3. The van der Waals surface area contributed by atoms with Crippen LogP contribution >= 0.6 is 0 Å². The minimum absolute atomic E-state index is 0.0256. The number of hydrogen-bond acceptors (Lipinski definition) is 5. The minimum Gasteiger partial charge on any atom is -0.389 e. The van der Waals surface area contributed by atoms with Crippen molar-refractivity contribution in [2.45, 2.75) is 13.0 Å². The van der Waals surface area contributed by atoms with E-state index in [-0.39, 0.29) is 5.91 Å². The molecule has 0 bridgehead atoms. The lowest BCUT2D eigenvalue weighted by molar-refractivity contribution is 0.0111. The summed E-state index contributed by atoms with van der Waals surface area (Å²) in [5.74, 6) is 0.0256. The van der Waals surface area contributed by atoms with Crippen LogP contribution in [0.25, 0.3) is 0 Å². The Morgan fingerprint density at radius 3 is 2.81 bits per heavy atom. The van der Waals surface area contributed by atoms with Gasteiger partial charge in [0.2, 0.25) is 0 Å². The Morgan fingerprint density at radius 1 is 1.43 bits per heavy atom. The third-order valence-corrected chi connectivity index (χ3v) is 3.55. The predicted molar refractivity (Wildman–Crippen MR) is 79.1 cm³/mol. The fourth-order valence-corrected chi connectivity index (χ4v) is 2.41. The highest BCUT2D eigenvalue weighted by Gasteiger charge is 2.23. The van der Waals surface area contributed by atoms with Gasteiger partial charge in [-0.1, -0.05) is 0 Å². The molecule has 0 spiro atoms. The predicted octanol–water partition coefficient (Wildman–Crippen LogP) is 0.237. The SMILES string of the molecule is CCOCC(O)CN1CCN(C(=O)c2cccnc2)CC1. The van der Waals surface area contributed by atoms with Crippen molar-refractivity contribution in [3.8, 4) is 0 Å². The topological polar surface area (TPSA) is 65.9 Å². The van der Waals surface area contributed by atoms with Crippen LogP contribution in [-0.4, -0.2) is 77.8 Å². The number of aliphatic hydroxyl groups is 1. The Hall–Kier alpha value is -1.50. The number of hydrogen-bond donors (Lipinski definition) is 1. The summed E-state index contributed by atoms with van der Waals surface area (Å²) in [6, 6.07) is 3.56. The van der Waals surface area contributed by atoms with Crippen molar-refractivity contribution in [3.05, 3.63) is 30.1 Å². The quantitative estimate of drug-likeness (QED) is 0.814. The molecule has 21 heavy (non-hydrogen) atoms. The van der Waals surface area contributed by atoms with Crippen molar-refractivity contribution in [3.63, 3.8) is 0 Å². The van der Waals surface area contributed by atoms with Crippen LogP contribution in [0.2, 0.25) is 0 Å². The number of aromatic nitrogens is 1. The molecule has 1 aliphatic rings. The normalized spacial score (nSPS) is 17.7. The molecule has 2 heterocycles. The van der Waals surface area contributed by atoms with E-state index in [1.165, 1.54) is 0 Å². The monoisotopic (exact) mass is 293 g/mol. The summed E-state index contributed by atoms with van der Waals surface area (Å²) in [6.45, 7) is 6.38. The van der Waals surface area contributed by atoms with Gasteiger partial charge in [-0.2, -0.15) is 0 Å². The average Bonchev–Trinajstić information content (AvgIpc) is 2.54. The second-order valence-electron chi connectivity index (χ2n) is 5.15. The Morgan fingerprint density at radius 2 is 2.19 bits per heavy atom. The first kappa shape index (κ1) is 15.9. The van der Waals surface area contributed by atoms with Gasteiger partial charge in [0.25, 0.3) is 5.91 Å². The van der Waals surface area contributed by atoms with Gasteiger partial charge in [-0.3, -0.25) is 14.7 Å². The summed E-state index contributed by atoms with van der Waals surface area (Å²) in [7, 11) is 0. The van der Waals surface area contributed by atoms with Crippen molar-refractivity contribution in [2.75, 3.05) is 45.9 Å². The van der Waals surface area contributed by atoms with E-state index in [9.17, 15) is 9.90 Å². The highest BCUT2D eigenvalue weighted by atomic mass is 16.5. The third-order valence-electron chi connectivity index (χ3n) is 3.55. The molecule has 1 fully saturated rings. The summed E-state index contributed by atoms with van der Waals surface area (Å²) in [5.41, 5.74) is 0.627. The van der Waals surface area contributed by atoms with Crippen LogP contribution in [0.4, 0.5) is 0 Å². The number of aliphatic hydroxyl groups excluding tert-OH is 1. The van der Waals surface area contributed by atoms with Crippen molar-refractivity contribution < 1.29 is 14.6 Å². The summed E-state index contributed by atoms with van der Waals surface area (Å²) in [4.78, 5) is 20.2. The van der Waals surface area contributed by atoms with Crippen LogP contribution in [0.3, 0.4) is 0 Å². The maximum Gasteiger partial charge on any atom is 0.255 e. The molecular formula is C15H23N3O3. The van der Waals surface area contributed by atoms with Crippen LogP contribution in [0.5, 0.6) is 0 Å². The van der Waals surface area contributed by atoms with Crippen molar-refractivity contribution in [1.29, 1.82) is 0 Å². The van der Waals surface area contributed by atoms with Gasteiger partial charge in [0.05, 0.1) is 18.3 Å². The van der Waals surface area contributed by atoms with Crippen LogP contribution < -0.4 is 0 Å². The number of piperazine rings is 1. The molecule has 1 N–H and O–H groups in total. The van der Waals surface area contributed by atoms with E-state index in [1.807, 2.05) is 11.8 Å². The molecule has 0 radical (unpaired) electrons. The van der Waals surface area contributed by atoms with Gasteiger partial charge in [-0.25, -0.2) is 0 Å². The van der Waals surface area contributed by atoms with Gasteiger partial charge in [0, 0.05) is 51.7 Å². The first-order chi connectivity index (χ1) is 10.2. The van der Waals surface area contributed by atoms with Crippen molar-refractivity contribution in [2.24, 2.45) is 0 Å². The molecule has 1 aromatic rings. The second kappa shape index (κ2) is 8.07. The summed E-state index contributed by atoms with van der Waals surface area (Å²) in [6.07, 6.45) is 2.79. The lowest BCUT2D eigenvalue weighted by Crippen LogP contribution is -2.50. The van der Waals surface area contributed by atoms with E-state index in [0.717, 1.165) is 13.1 Å². The third kappa shape index (κ3) is 4.77. The smallest absolute Gasteiger partial charge is 0.255 e. The van der Waals surface area contributed by atoms with Crippen LogP contribution in [0.1, 0.15) is 17.3 Å². The Bertz CT molecular complexity index is 433. The fraction of sp³-hybridized carbons (Fsp3) is 0.600. The van der Waals surface area contributed by atoms with E-state index in [2.05, 4.69) is 9.88 Å². The number of rotatable bonds is 6. The molecule has 1 saturated heterocycles. The van der Waals surface area contributed by atoms with Crippen LogP contribution in [-0.2, 0) is 4.74 Å². The molecule has 6 heteroatoms. The Kier molecular flexibility index (Phi) is 6.10. The zero-order valence-corrected chi connectivity index (χ0v) is 12.4. The zero-order valence-electron chi connectivity index (χ0n) is 12.4. The van der Waals surface area contributed by atoms with E-state index in [4.69, 9.17) is 4.74 Å². The van der Waals surface area contributed by atoms with Gasteiger partial charge < -0.3 is 14.7 Å². The molecule has 1 atom stereocenters. The van der Waals surface area contributed by atoms with Gasteiger partial charge in [0.1, 0.15) is 0 Å². The number of carbonyl (C=O) groups is 1. The molecule has 116 valence electrons. The number of carbonyl (C=O) groups excluding carboxylic acids is 1. The van der Waals surface area contributed by atoms with E-state index in [1.54, 1.807) is 24.5 Å².